The van der Waals surface area contributed by atoms with Gasteiger partial charge in [-0.2, -0.15) is 0 Å². The van der Waals surface area contributed by atoms with Crippen LogP contribution in [0.25, 0.3) is 104 Å². The van der Waals surface area contributed by atoms with E-state index in [1.807, 2.05) is 0 Å². The van der Waals surface area contributed by atoms with Crippen molar-refractivity contribution in [1.82, 2.24) is 9.55 Å². The summed E-state index contributed by atoms with van der Waals surface area (Å²) in [5.74, 6) is 1.07. The largest absolute Gasteiger partial charge is 0.296 e. The van der Waals surface area contributed by atoms with Crippen molar-refractivity contribution in [3.8, 4) is 39.1 Å². The van der Waals surface area contributed by atoms with Crippen molar-refractivity contribution < 1.29 is 0 Å². The summed E-state index contributed by atoms with van der Waals surface area (Å²) < 4.78 is 2.36. The topological polar surface area (TPSA) is 17.8 Å². The van der Waals surface area contributed by atoms with E-state index in [-0.39, 0.29) is 0 Å². The number of para-hydroxylation sites is 2. The molecule has 0 bridgehead atoms. The monoisotopic (exact) mass is 700 g/mol. The van der Waals surface area contributed by atoms with Gasteiger partial charge < -0.3 is 0 Å². The van der Waals surface area contributed by atoms with E-state index in [1.54, 1.807) is 0 Å². The zero-order valence-corrected chi connectivity index (χ0v) is 30.5. The number of fused-ring (bicyclic) bond motifs is 7. The third kappa shape index (κ3) is 4.85. The van der Waals surface area contributed by atoms with Gasteiger partial charge in [-0.05, 0) is 112 Å². The summed E-state index contributed by atoms with van der Waals surface area (Å²) >= 11 is 0. The lowest BCUT2D eigenvalue weighted by Crippen LogP contribution is -2.01. The predicted molar refractivity (Wildman–Crippen MR) is 234 cm³/mol. The Hall–Kier alpha value is -7.03. The summed E-state index contributed by atoms with van der Waals surface area (Å²) in [7, 11) is 0. The Kier molecular flexibility index (Phi) is 7.18. The third-order valence-electron chi connectivity index (χ3n) is 11.5. The number of imidazole rings is 1. The molecule has 0 unspecified atom stereocenters. The molecule has 0 atom stereocenters. The van der Waals surface area contributed by atoms with Crippen LogP contribution in [0.4, 0.5) is 0 Å². The highest BCUT2D eigenvalue weighted by Crippen LogP contribution is 2.49. The van der Waals surface area contributed by atoms with Gasteiger partial charge in [0.05, 0.1) is 16.7 Å². The van der Waals surface area contributed by atoms with Crippen LogP contribution >= 0.6 is 0 Å². The van der Waals surface area contributed by atoms with Gasteiger partial charge in [-0.15, -0.1) is 0 Å². The van der Waals surface area contributed by atoms with Crippen LogP contribution in [-0.4, -0.2) is 9.55 Å². The van der Waals surface area contributed by atoms with E-state index in [0.29, 0.717) is 0 Å². The first-order chi connectivity index (χ1) is 27.3. The first-order valence-electron chi connectivity index (χ1n) is 19.2. The Morgan fingerprint density at radius 3 is 1.75 bits per heavy atom. The second-order valence-corrected chi connectivity index (χ2v) is 14.5. The van der Waals surface area contributed by atoms with Gasteiger partial charge in [0.15, 0.2) is 0 Å². The van der Waals surface area contributed by atoms with E-state index in [9.17, 15) is 0 Å². The summed E-state index contributed by atoms with van der Waals surface area (Å²) in [5.41, 5.74) is 10.7. The van der Waals surface area contributed by atoms with E-state index < -0.39 is 0 Å². The molecule has 11 aromatic rings. The van der Waals surface area contributed by atoms with E-state index in [1.165, 1.54) is 87.2 Å². The second-order valence-electron chi connectivity index (χ2n) is 14.5. The van der Waals surface area contributed by atoms with E-state index in [4.69, 9.17) is 4.98 Å². The molecule has 10 aromatic carbocycles. The van der Waals surface area contributed by atoms with Crippen LogP contribution in [0.5, 0.6) is 0 Å². The van der Waals surface area contributed by atoms with Gasteiger partial charge >= 0.3 is 0 Å². The van der Waals surface area contributed by atoms with Crippen LogP contribution in [0.1, 0.15) is 12.7 Å². The van der Waals surface area contributed by atoms with Crippen LogP contribution in [0.15, 0.2) is 188 Å². The molecule has 0 N–H and O–H groups in total. The normalized spacial score (nSPS) is 11.8. The van der Waals surface area contributed by atoms with Gasteiger partial charge in [-0.25, -0.2) is 4.98 Å². The lowest BCUT2D eigenvalue weighted by atomic mass is 9.82. The highest BCUT2D eigenvalue weighted by molar-refractivity contribution is 6.27. The summed E-state index contributed by atoms with van der Waals surface area (Å²) in [6, 6.07) is 69.1. The average Bonchev–Trinajstić information content (AvgIpc) is 3.64. The molecule has 0 saturated carbocycles. The molecule has 258 valence electrons. The number of hydrogen-bond acceptors (Lipinski definition) is 1. The third-order valence-corrected chi connectivity index (χ3v) is 11.5. The molecular formula is C53H36N2. The number of aromatic nitrogens is 2. The van der Waals surface area contributed by atoms with E-state index in [2.05, 4.69) is 200 Å². The second kappa shape index (κ2) is 12.5. The van der Waals surface area contributed by atoms with Gasteiger partial charge in [0.25, 0.3) is 0 Å². The summed E-state index contributed by atoms with van der Waals surface area (Å²) in [5, 5.41) is 12.5. The van der Waals surface area contributed by atoms with Crippen LogP contribution in [0.3, 0.4) is 0 Å². The van der Waals surface area contributed by atoms with Crippen molar-refractivity contribution in [3.05, 3.63) is 194 Å². The Morgan fingerprint density at radius 1 is 0.400 bits per heavy atom. The molecule has 11 rings (SSSR count). The predicted octanol–water partition coefficient (Wildman–Crippen LogP) is 14.4. The van der Waals surface area contributed by atoms with Crippen molar-refractivity contribution in [1.29, 1.82) is 0 Å². The molecule has 1 aromatic heterocycles. The van der Waals surface area contributed by atoms with Crippen molar-refractivity contribution in [3.63, 3.8) is 0 Å². The van der Waals surface area contributed by atoms with Gasteiger partial charge in [0, 0.05) is 11.8 Å². The Morgan fingerprint density at radius 2 is 0.982 bits per heavy atom. The Balaban J connectivity index is 1.28. The molecule has 1 heterocycles. The maximum atomic E-state index is 5.05. The first kappa shape index (κ1) is 31.5. The van der Waals surface area contributed by atoms with E-state index >= 15 is 0 Å². The molecule has 0 spiro atoms. The molecule has 55 heavy (non-hydrogen) atoms. The minimum Gasteiger partial charge on any atom is -0.296 e. The Bertz CT molecular complexity index is 3300. The maximum absolute atomic E-state index is 5.05. The molecule has 0 fully saturated rings. The first-order valence-corrected chi connectivity index (χ1v) is 19.2. The van der Waals surface area contributed by atoms with Crippen LogP contribution in [0.2, 0.25) is 0 Å². The highest BCUT2D eigenvalue weighted by Gasteiger charge is 2.22. The summed E-state index contributed by atoms with van der Waals surface area (Å²) in [6.07, 6.45) is 0.842. The Labute approximate surface area is 319 Å². The van der Waals surface area contributed by atoms with Gasteiger partial charge in [0.1, 0.15) is 5.82 Å². The maximum Gasteiger partial charge on any atom is 0.114 e. The SMILES string of the molecule is CCc1nc2ccccc2n1-c1ccc(-c2c3ccccc3c(-c3cc4ccccc4c4ccccc34)c3cc(-c4ccccc4)ccc23)c2ccccc12. The number of hydrogen-bond donors (Lipinski definition) is 0. The number of aryl methyl sites for hydroxylation is 1. The van der Waals surface area contributed by atoms with E-state index in [0.717, 1.165) is 29.0 Å². The zero-order valence-electron chi connectivity index (χ0n) is 30.5. The molecule has 0 radical (unpaired) electrons. The minimum absolute atomic E-state index is 0.842. The molecule has 0 amide bonds. The molecule has 0 aliphatic heterocycles. The number of rotatable bonds is 5. The van der Waals surface area contributed by atoms with Gasteiger partial charge in [0.2, 0.25) is 0 Å². The smallest absolute Gasteiger partial charge is 0.114 e. The molecule has 0 aliphatic carbocycles. The van der Waals surface area contributed by atoms with Crippen LogP contribution in [0, 0.1) is 0 Å². The van der Waals surface area contributed by atoms with Gasteiger partial charge in [-0.1, -0.05) is 165 Å². The van der Waals surface area contributed by atoms with Gasteiger partial charge in [-0.3, -0.25) is 4.57 Å². The minimum atomic E-state index is 0.842. The molecule has 2 heteroatoms. The van der Waals surface area contributed by atoms with Crippen molar-refractivity contribution >= 4 is 64.9 Å². The zero-order chi connectivity index (χ0) is 36.5. The van der Waals surface area contributed by atoms with Crippen molar-refractivity contribution in [2.75, 3.05) is 0 Å². The molecule has 2 nitrogen and oxygen atoms in total. The molecule has 0 aliphatic rings. The fraction of sp³-hybridized carbons (Fsp3) is 0.0377. The highest BCUT2D eigenvalue weighted by atomic mass is 15.1. The average molecular weight is 701 g/mol. The fourth-order valence-corrected chi connectivity index (χ4v) is 9.11. The van der Waals surface area contributed by atoms with Crippen LogP contribution in [-0.2, 0) is 6.42 Å². The number of benzene rings is 10. The van der Waals surface area contributed by atoms with Crippen molar-refractivity contribution in [2.24, 2.45) is 0 Å². The van der Waals surface area contributed by atoms with Crippen molar-refractivity contribution in [2.45, 2.75) is 13.3 Å². The number of nitrogens with zero attached hydrogens (tertiary/aromatic N) is 2. The standard InChI is InChI=1S/C53H36N2/c1-2-51-54-48-26-14-15-27-50(48)55(51)49-31-30-44(40-22-10-11-23-41(40)49)52-42-24-12-13-25-43(42)53(47-32-35(28-29-45(47)52)34-16-4-3-5-17-34)46-33-36-18-6-7-19-37(36)38-20-8-9-21-39(38)46/h3-33H,2H2,1H3. The summed E-state index contributed by atoms with van der Waals surface area (Å²) in [4.78, 5) is 5.05. The molecular weight excluding hydrogens is 665 g/mol. The van der Waals surface area contributed by atoms with Crippen LogP contribution < -0.4 is 0 Å². The quantitative estimate of drug-likeness (QED) is 0.129. The lowest BCUT2D eigenvalue weighted by molar-refractivity contribution is 0.913. The molecule has 0 saturated heterocycles. The fourth-order valence-electron chi connectivity index (χ4n) is 9.11. The summed E-state index contributed by atoms with van der Waals surface area (Å²) in [6.45, 7) is 2.19. The lowest BCUT2D eigenvalue weighted by Gasteiger charge is -2.22.